The van der Waals surface area contributed by atoms with Crippen LogP contribution in [0.4, 0.5) is 17.1 Å². The van der Waals surface area contributed by atoms with Crippen molar-refractivity contribution >= 4 is 17.1 Å². The number of benzene rings is 12. The van der Waals surface area contributed by atoms with Crippen LogP contribution in [-0.2, 0) is 0 Å². The maximum atomic E-state index is 2.38. The number of nitrogens with zero attached hydrogens (tertiary/aromatic N) is 1. The van der Waals surface area contributed by atoms with Gasteiger partial charge in [0, 0.05) is 23.0 Å². The molecule has 0 fully saturated rings. The molecule has 0 aliphatic heterocycles. The SMILES string of the molecule is Cc1ccccc1-c1ccccc1C(c1ccccc1-c1ccccc1C)c1cccc(-c2ccc(-c3ccc(N(c4cccc(-c5ccccc5)c4)c4cccc(-c5ccccc5)c4)cc3)cc2)c1-c1ccccc1C. The van der Waals surface area contributed by atoms with E-state index in [0.717, 1.165) is 28.2 Å². The van der Waals surface area contributed by atoms with Crippen molar-refractivity contribution in [3.63, 3.8) is 0 Å². The van der Waals surface area contributed by atoms with Crippen molar-refractivity contribution in [2.45, 2.75) is 26.7 Å². The van der Waals surface area contributed by atoms with Gasteiger partial charge >= 0.3 is 0 Å². The van der Waals surface area contributed by atoms with Gasteiger partial charge in [-0.3, -0.25) is 0 Å². The van der Waals surface area contributed by atoms with Gasteiger partial charge < -0.3 is 4.90 Å². The van der Waals surface area contributed by atoms with E-state index >= 15 is 0 Å². The predicted molar refractivity (Wildman–Crippen MR) is 327 cm³/mol. The molecule has 0 amide bonds. The summed E-state index contributed by atoms with van der Waals surface area (Å²) in [5.41, 5.74) is 27.8. The quantitative estimate of drug-likeness (QED) is 0.104. The largest absolute Gasteiger partial charge is 0.310 e. The molecule has 0 aliphatic carbocycles. The molecule has 0 bridgehead atoms. The predicted octanol–water partition coefficient (Wildman–Crippen LogP) is 20.9. The zero-order valence-electron chi connectivity index (χ0n) is 43.8. The summed E-state index contributed by atoms with van der Waals surface area (Å²) in [5.74, 6) is -0.116. The van der Waals surface area contributed by atoms with Crippen LogP contribution in [0.15, 0.2) is 297 Å². The second-order valence-electron chi connectivity index (χ2n) is 20.1. The Morgan fingerprint density at radius 1 is 0.221 bits per heavy atom. The van der Waals surface area contributed by atoms with Gasteiger partial charge in [0.15, 0.2) is 0 Å². The van der Waals surface area contributed by atoms with E-state index in [4.69, 9.17) is 0 Å². The number of hydrogen-bond donors (Lipinski definition) is 0. The number of rotatable bonds is 13. The summed E-state index contributed by atoms with van der Waals surface area (Å²) in [6.07, 6.45) is 0. The average molecular weight is 986 g/mol. The summed E-state index contributed by atoms with van der Waals surface area (Å²) < 4.78 is 0. The van der Waals surface area contributed by atoms with Crippen molar-refractivity contribution in [3.8, 4) is 77.9 Å². The number of hydrogen-bond acceptors (Lipinski definition) is 1. The highest BCUT2D eigenvalue weighted by atomic mass is 15.1. The Bertz CT molecular complexity index is 3830. The third-order valence-electron chi connectivity index (χ3n) is 15.3. The third-order valence-corrected chi connectivity index (χ3v) is 15.3. The van der Waals surface area contributed by atoms with Crippen LogP contribution in [0.1, 0.15) is 39.3 Å². The molecule has 1 nitrogen and oxygen atoms in total. The maximum Gasteiger partial charge on any atom is 0.0467 e. The summed E-state index contributed by atoms with van der Waals surface area (Å²) in [6, 6.07) is 109. The zero-order chi connectivity index (χ0) is 52.1. The molecular weight excluding hydrogens is 927 g/mol. The van der Waals surface area contributed by atoms with Crippen molar-refractivity contribution in [2.75, 3.05) is 4.90 Å². The maximum absolute atomic E-state index is 2.38. The summed E-state index contributed by atoms with van der Waals surface area (Å²) in [7, 11) is 0. The molecule has 1 heteroatoms. The molecule has 0 N–H and O–H groups in total. The minimum Gasteiger partial charge on any atom is -0.310 e. The minimum absolute atomic E-state index is 0.116. The van der Waals surface area contributed by atoms with Gasteiger partial charge in [0.2, 0.25) is 0 Å². The van der Waals surface area contributed by atoms with Gasteiger partial charge in [-0.05, 0) is 168 Å². The fourth-order valence-electron chi connectivity index (χ4n) is 11.4. The monoisotopic (exact) mass is 985 g/mol. The smallest absolute Gasteiger partial charge is 0.0467 e. The summed E-state index contributed by atoms with van der Waals surface area (Å²) in [5, 5.41) is 0. The molecule has 0 saturated carbocycles. The molecule has 0 radical (unpaired) electrons. The molecule has 0 aliphatic rings. The standard InChI is InChI=1S/C76H59N/c1-53-23-10-13-34-66(53)70-37-16-18-39-72(70)76(73-40-19-17-38-71(73)67-35-14-11-24-54(67)2)74-42-22-41-69(75(74)68-36-15-12-25-55(68)3)60-45-43-58(44-46-60)59-47-49-63(50-48-59)77(64-32-20-30-61(51-64)56-26-6-4-7-27-56)65-33-21-31-62(52-65)57-28-8-5-9-29-57/h4-52,76H,1-3H3. The van der Waals surface area contributed by atoms with Gasteiger partial charge in [-0.25, -0.2) is 0 Å². The first-order chi connectivity index (χ1) is 38.0. The first kappa shape index (κ1) is 48.4. The van der Waals surface area contributed by atoms with Crippen molar-refractivity contribution in [1.29, 1.82) is 0 Å². The Kier molecular flexibility index (Phi) is 13.7. The van der Waals surface area contributed by atoms with E-state index in [1.165, 1.54) is 100 Å². The topological polar surface area (TPSA) is 3.24 Å². The Morgan fingerprint density at radius 2 is 0.558 bits per heavy atom. The molecule has 368 valence electrons. The van der Waals surface area contributed by atoms with E-state index in [1.807, 2.05) is 0 Å². The van der Waals surface area contributed by atoms with Crippen LogP contribution in [0.25, 0.3) is 77.9 Å². The van der Waals surface area contributed by atoms with Gasteiger partial charge in [-0.1, -0.05) is 261 Å². The van der Waals surface area contributed by atoms with E-state index < -0.39 is 0 Å². The lowest BCUT2D eigenvalue weighted by Gasteiger charge is -2.29. The number of aryl methyl sites for hydroxylation is 3. The minimum atomic E-state index is -0.116. The average Bonchev–Trinajstić information content (AvgIpc) is 3.49. The van der Waals surface area contributed by atoms with Crippen LogP contribution < -0.4 is 4.90 Å². The number of anilines is 3. The van der Waals surface area contributed by atoms with Crippen molar-refractivity contribution in [3.05, 3.63) is 331 Å². The van der Waals surface area contributed by atoms with Crippen LogP contribution in [0.2, 0.25) is 0 Å². The molecule has 0 atom stereocenters. The Hall–Kier alpha value is -9.56. The van der Waals surface area contributed by atoms with Gasteiger partial charge in [-0.2, -0.15) is 0 Å². The first-order valence-corrected chi connectivity index (χ1v) is 26.8. The second kappa shape index (κ2) is 21.7. The fourth-order valence-corrected chi connectivity index (χ4v) is 11.4. The molecule has 77 heavy (non-hydrogen) atoms. The molecule has 0 spiro atoms. The van der Waals surface area contributed by atoms with Gasteiger partial charge in [0.05, 0.1) is 0 Å². The lowest BCUT2D eigenvalue weighted by atomic mass is 9.74. The molecule has 0 heterocycles. The molecular formula is C76H59N. The second-order valence-corrected chi connectivity index (χ2v) is 20.1. The van der Waals surface area contributed by atoms with Crippen LogP contribution in [-0.4, -0.2) is 0 Å². The van der Waals surface area contributed by atoms with Gasteiger partial charge in [-0.15, -0.1) is 0 Å². The molecule has 0 unspecified atom stereocenters. The van der Waals surface area contributed by atoms with E-state index in [1.54, 1.807) is 0 Å². The normalized spacial score (nSPS) is 11.2. The zero-order valence-corrected chi connectivity index (χ0v) is 43.8. The van der Waals surface area contributed by atoms with E-state index in [0.29, 0.717) is 0 Å². The van der Waals surface area contributed by atoms with Crippen molar-refractivity contribution in [2.24, 2.45) is 0 Å². The summed E-state index contributed by atoms with van der Waals surface area (Å²) in [4.78, 5) is 2.37. The molecule has 12 aromatic rings. The molecule has 12 rings (SSSR count). The molecule has 0 saturated heterocycles. The highest BCUT2D eigenvalue weighted by molar-refractivity contribution is 5.91. The van der Waals surface area contributed by atoms with E-state index in [-0.39, 0.29) is 5.92 Å². The first-order valence-electron chi connectivity index (χ1n) is 26.8. The summed E-state index contributed by atoms with van der Waals surface area (Å²) in [6.45, 7) is 6.71. The third kappa shape index (κ3) is 9.84. The van der Waals surface area contributed by atoms with Crippen LogP contribution in [0.3, 0.4) is 0 Å². The lowest BCUT2D eigenvalue weighted by Crippen LogP contribution is -2.10. The highest BCUT2D eigenvalue weighted by Crippen LogP contribution is 2.49. The molecule has 0 aromatic heterocycles. The van der Waals surface area contributed by atoms with Crippen LogP contribution in [0, 0.1) is 20.8 Å². The fraction of sp³-hybridized carbons (Fsp3) is 0.0526. The van der Waals surface area contributed by atoms with Crippen molar-refractivity contribution in [1.82, 2.24) is 0 Å². The van der Waals surface area contributed by atoms with E-state index in [2.05, 4.69) is 323 Å². The Labute approximate surface area is 454 Å². The Balaban J connectivity index is 0.971. The van der Waals surface area contributed by atoms with Crippen LogP contribution in [0.5, 0.6) is 0 Å². The lowest BCUT2D eigenvalue weighted by molar-refractivity contribution is 0.983. The van der Waals surface area contributed by atoms with Gasteiger partial charge in [0.1, 0.15) is 0 Å². The summed E-state index contributed by atoms with van der Waals surface area (Å²) >= 11 is 0. The van der Waals surface area contributed by atoms with E-state index in [9.17, 15) is 0 Å². The van der Waals surface area contributed by atoms with Crippen molar-refractivity contribution < 1.29 is 0 Å². The van der Waals surface area contributed by atoms with Gasteiger partial charge in [0.25, 0.3) is 0 Å². The Morgan fingerprint density at radius 3 is 1.04 bits per heavy atom. The highest BCUT2D eigenvalue weighted by Gasteiger charge is 2.29. The molecule has 12 aromatic carbocycles. The van der Waals surface area contributed by atoms with Crippen LogP contribution >= 0.6 is 0 Å².